The Morgan fingerprint density at radius 3 is 2.56 bits per heavy atom. The number of ether oxygens (including phenoxy) is 1. The molecule has 27 heavy (non-hydrogen) atoms. The lowest BCUT2D eigenvalue weighted by atomic mass is 10.2. The molecular formula is C18H17N3O6. The van der Waals surface area contributed by atoms with Gasteiger partial charge >= 0.3 is 5.97 Å². The number of aryl methyl sites for hydroxylation is 1. The molecule has 0 unspecified atom stereocenters. The third kappa shape index (κ3) is 5.92. The summed E-state index contributed by atoms with van der Waals surface area (Å²) >= 11 is 0. The number of amides is 2. The number of nitrogens with zero attached hydrogens (tertiary/aromatic N) is 1. The van der Waals surface area contributed by atoms with Gasteiger partial charge in [0.15, 0.2) is 6.61 Å². The number of nitro benzene ring substituents is 1. The zero-order valence-electron chi connectivity index (χ0n) is 14.4. The molecule has 2 N–H and O–H groups in total. The van der Waals surface area contributed by atoms with Gasteiger partial charge in [0.05, 0.1) is 4.92 Å². The van der Waals surface area contributed by atoms with E-state index < -0.39 is 35.9 Å². The largest absolute Gasteiger partial charge is 0.454 e. The molecule has 0 aliphatic rings. The molecule has 0 saturated heterocycles. The van der Waals surface area contributed by atoms with Crippen molar-refractivity contribution in [3.8, 4) is 0 Å². The minimum absolute atomic E-state index is 0.0364. The molecule has 140 valence electrons. The highest BCUT2D eigenvalue weighted by Crippen LogP contribution is 2.13. The summed E-state index contributed by atoms with van der Waals surface area (Å²) < 4.78 is 4.79. The Morgan fingerprint density at radius 1 is 1.11 bits per heavy atom. The van der Waals surface area contributed by atoms with Crippen molar-refractivity contribution in [2.45, 2.75) is 6.92 Å². The van der Waals surface area contributed by atoms with E-state index in [2.05, 4.69) is 10.6 Å². The van der Waals surface area contributed by atoms with E-state index >= 15 is 0 Å². The van der Waals surface area contributed by atoms with Crippen LogP contribution in [0.25, 0.3) is 0 Å². The van der Waals surface area contributed by atoms with Crippen molar-refractivity contribution >= 4 is 29.2 Å². The van der Waals surface area contributed by atoms with Gasteiger partial charge in [-0.15, -0.1) is 0 Å². The zero-order valence-corrected chi connectivity index (χ0v) is 14.4. The molecule has 9 heteroatoms. The van der Waals surface area contributed by atoms with Crippen LogP contribution in [0, 0.1) is 17.0 Å². The molecule has 0 heterocycles. The number of esters is 1. The van der Waals surface area contributed by atoms with E-state index in [4.69, 9.17) is 4.74 Å². The van der Waals surface area contributed by atoms with Crippen molar-refractivity contribution in [2.75, 3.05) is 18.5 Å². The van der Waals surface area contributed by atoms with Crippen LogP contribution in [0.1, 0.15) is 15.9 Å². The molecule has 2 amide bonds. The maximum Gasteiger partial charge on any atom is 0.325 e. The molecule has 0 atom stereocenters. The molecule has 2 rings (SSSR count). The number of hydrogen-bond acceptors (Lipinski definition) is 6. The summed E-state index contributed by atoms with van der Waals surface area (Å²) in [5.41, 5.74) is 1.27. The standard InChI is InChI=1S/C18H17N3O6/c1-12-5-2-3-8-15(12)20-16(22)11-27-17(23)10-19-18(24)13-6-4-7-14(9-13)21(25)26/h2-9H,10-11H2,1H3,(H,19,24)(H,20,22). The van der Waals surface area contributed by atoms with Gasteiger partial charge in [0.1, 0.15) is 6.54 Å². The second-order valence-corrected chi connectivity index (χ2v) is 5.51. The predicted octanol–water partition coefficient (Wildman–Crippen LogP) is 1.81. The van der Waals surface area contributed by atoms with Crippen LogP contribution in [0.3, 0.4) is 0 Å². The maximum absolute atomic E-state index is 11.9. The summed E-state index contributed by atoms with van der Waals surface area (Å²) in [5, 5.41) is 15.6. The Hall–Kier alpha value is -3.75. The summed E-state index contributed by atoms with van der Waals surface area (Å²) in [6.45, 7) is 0.851. The van der Waals surface area contributed by atoms with Crippen molar-refractivity contribution in [3.05, 3.63) is 69.8 Å². The van der Waals surface area contributed by atoms with Crippen LogP contribution >= 0.6 is 0 Å². The molecule has 0 aromatic heterocycles. The van der Waals surface area contributed by atoms with Crippen LogP contribution in [0.5, 0.6) is 0 Å². The van der Waals surface area contributed by atoms with Gasteiger partial charge in [0.2, 0.25) is 0 Å². The van der Waals surface area contributed by atoms with Gasteiger partial charge in [-0.3, -0.25) is 24.5 Å². The zero-order chi connectivity index (χ0) is 19.8. The topological polar surface area (TPSA) is 128 Å². The Morgan fingerprint density at radius 2 is 1.85 bits per heavy atom. The van der Waals surface area contributed by atoms with Gasteiger partial charge in [0, 0.05) is 23.4 Å². The van der Waals surface area contributed by atoms with E-state index in [0.717, 1.165) is 11.6 Å². The van der Waals surface area contributed by atoms with Crippen molar-refractivity contribution in [2.24, 2.45) is 0 Å². The summed E-state index contributed by atoms with van der Waals surface area (Å²) in [6.07, 6.45) is 0. The molecule has 2 aromatic rings. The number of hydrogen-bond donors (Lipinski definition) is 2. The minimum Gasteiger partial charge on any atom is -0.454 e. The number of nitrogens with one attached hydrogen (secondary N) is 2. The second kappa shape index (κ2) is 9.09. The smallest absolute Gasteiger partial charge is 0.325 e. The molecule has 0 saturated carbocycles. The number of para-hydroxylation sites is 1. The van der Waals surface area contributed by atoms with Gasteiger partial charge in [-0.1, -0.05) is 24.3 Å². The van der Waals surface area contributed by atoms with Crippen molar-refractivity contribution in [3.63, 3.8) is 0 Å². The third-order valence-electron chi connectivity index (χ3n) is 3.50. The quantitative estimate of drug-likeness (QED) is 0.434. The first-order chi connectivity index (χ1) is 12.9. The number of non-ortho nitro benzene ring substituents is 1. The molecule has 0 aliphatic carbocycles. The number of carbonyl (C=O) groups excluding carboxylic acids is 3. The maximum atomic E-state index is 11.9. The van der Waals surface area contributed by atoms with Gasteiger partial charge in [-0.05, 0) is 24.6 Å². The number of carbonyl (C=O) groups is 3. The van der Waals surface area contributed by atoms with Crippen molar-refractivity contribution < 1.29 is 24.0 Å². The highest BCUT2D eigenvalue weighted by atomic mass is 16.6. The van der Waals surface area contributed by atoms with E-state index in [1.54, 1.807) is 12.1 Å². The normalized spacial score (nSPS) is 9.96. The van der Waals surface area contributed by atoms with Crippen LogP contribution < -0.4 is 10.6 Å². The van der Waals surface area contributed by atoms with E-state index in [0.29, 0.717) is 5.69 Å². The summed E-state index contributed by atoms with van der Waals surface area (Å²) in [7, 11) is 0. The number of anilines is 1. The molecule has 2 aromatic carbocycles. The fourth-order valence-corrected chi connectivity index (χ4v) is 2.11. The van der Waals surface area contributed by atoms with E-state index in [1.165, 1.54) is 18.2 Å². The number of benzene rings is 2. The summed E-state index contributed by atoms with van der Waals surface area (Å²) in [5.74, 6) is -1.99. The van der Waals surface area contributed by atoms with Crippen LogP contribution in [-0.2, 0) is 14.3 Å². The monoisotopic (exact) mass is 371 g/mol. The lowest BCUT2D eigenvalue weighted by molar-refractivity contribution is -0.384. The lowest BCUT2D eigenvalue weighted by Crippen LogP contribution is -2.32. The third-order valence-corrected chi connectivity index (χ3v) is 3.50. The number of rotatable bonds is 7. The van der Waals surface area contributed by atoms with Crippen LogP contribution in [-0.4, -0.2) is 35.9 Å². The summed E-state index contributed by atoms with van der Waals surface area (Å²) in [6, 6.07) is 12.2. The first-order valence-electron chi connectivity index (χ1n) is 7.90. The fraction of sp³-hybridized carbons (Fsp3) is 0.167. The highest BCUT2D eigenvalue weighted by molar-refractivity contribution is 5.97. The molecule has 0 spiro atoms. The molecule has 0 bridgehead atoms. The Labute approximate surface area is 154 Å². The molecule has 0 fully saturated rings. The molecule has 9 nitrogen and oxygen atoms in total. The molecular weight excluding hydrogens is 354 g/mol. The molecule has 0 aliphatic heterocycles. The van der Waals surface area contributed by atoms with E-state index in [1.807, 2.05) is 19.1 Å². The van der Waals surface area contributed by atoms with Crippen molar-refractivity contribution in [1.29, 1.82) is 0 Å². The lowest BCUT2D eigenvalue weighted by Gasteiger charge is -2.09. The first-order valence-corrected chi connectivity index (χ1v) is 7.90. The predicted molar refractivity (Wildman–Crippen MR) is 96.2 cm³/mol. The Balaban J connectivity index is 1.78. The van der Waals surface area contributed by atoms with Crippen LogP contribution in [0.15, 0.2) is 48.5 Å². The first kappa shape index (κ1) is 19.6. The summed E-state index contributed by atoms with van der Waals surface area (Å²) in [4.78, 5) is 45.4. The van der Waals surface area contributed by atoms with Gasteiger partial charge in [-0.25, -0.2) is 0 Å². The van der Waals surface area contributed by atoms with E-state index in [-0.39, 0.29) is 11.3 Å². The van der Waals surface area contributed by atoms with Crippen molar-refractivity contribution in [1.82, 2.24) is 5.32 Å². The molecule has 0 radical (unpaired) electrons. The van der Waals surface area contributed by atoms with Gasteiger partial charge in [0.25, 0.3) is 17.5 Å². The highest BCUT2D eigenvalue weighted by Gasteiger charge is 2.14. The number of nitro groups is 1. The van der Waals surface area contributed by atoms with Gasteiger partial charge in [-0.2, -0.15) is 0 Å². The van der Waals surface area contributed by atoms with E-state index in [9.17, 15) is 24.5 Å². The fourth-order valence-electron chi connectivity index (χ4n) is 2.11. The van der Waals surface area contributed by atoms with Gasteiger partial charge < -0.3 is 15.4 Å². The average molecular weight is 371 g/mol. The average Bonchev–Trinajstić information content (AvgIpc) is 2.66. The van der Waals surface area contributed by atoms with Crippen LogP contribution in [0.2, 0.25) is 0 Å². The Bertz CT molecular complexity index is 881. The minimum atomic E-state index is -0.811. The SMILES string of the molecule is Cc1ccccc1NC(=O)COC(=O)CNC(=O)c1cccc([N+](=O)[O-])c1. The van der Waals surface area contributed by atoms with Crippen LogP contribution in [0.4, 0.5) is 11.4 Å². The second-order valence-electron chi connectivity index (χ2n) is 5.51. The Kier molecular flexibility index (Phi) is 6.59.